The van der Waals surface area contributed by atoms with E-state index in [1.54, 1.807) is 55.5 Å². The molecular weight excluding hydrogens is 356 g/mol. The summed E-state index contributed by atoms with van der Waals surface area (Å²) >= 11 is 0. The summed E-state index contributed by atoms with van der Waals surface area (Å²) in [5.74, 6) is -1.64. The van der Waals surface area contributed by atoms with E-state index >= 15 is 0 Å². The molecule has 2 aromatic rings. The monoisotopic (exact) mass is 378 g/mol. The average molecular weight is 378 g/mol. The van der Waals surface area contributed by atoms with Crippen LogP contribution in [0.4, 0.5) is 0 Å². The van der Waals surface area contributed by atoms with Crippen molar-refractivity contribution in [3.63, 3.8) is 0 Å². The van der Waals surface area contributed by atoms with E-state index in [1.807, 2.05) is 19.1 Å². The molecule has 2 rings (SSSR count). The van der Waals surface area contributed by atoms with E-state index < -0.39 is 17.4 Å². The molecule has 2 aromatic carbocycles. The lowest BCUT2D eigenvalue weighted by Gasteiger charge is -2.23. The van der Waals surface area contributed by atoms with Crippen LogP contribution in [0, 0.1) is 22.7 Å². The molecule has 144 valence electrons. The molecular formula is C22H22N2O4. The summed E-state index contributed by atoms with van der Waals surface area (Å²) in [6.07, 6.45) is 1.17. The minimum absolute atomic E-state index is 0.131. The van der Waals surface area contributed by atoms with Gasteiger partial charge >= 0.3 is 11.9 Å². The van der Waals surface area contributed by atoms with Crippen molar-refractivity contribution >= 4 is 11.9 Å². The molecule has 0 bridgehead atoms. The van der Waals surface area contributed by atoms with E-state index in [1.165, 1.54) is 0 Å². The van der Waals surface area contributed by atoms with Gasteiger partial charge in [-0.3, -0.25) is 9.59 Å². The van der Waals surface area contributed by atoms with Crippen LogP contribution in [0.25, 0.3) is 0 Å². The van der Waals surface area contributed by atoms with E-state index in [0.29, 0.717) is 24.0 Å². The zero-order chi connectivity index (χ0) is 21.2. The highest BCUT2D eigenvalue weighted by Gasteiger charge is 2.32. The maximum Gasteiger partial charge on any atom is 0.313 e. The highest BCUT2D eigenvalue weighted by Crippen LogP contribution is 2.27. The molecule has 0 radical (unpaired) electrons. The summed E-state index contributed by atoms with van der Waals surface area (Å²) in [4.78, 5) is 21.4. The van der Waals surface area contributed by atoms with Crippen molar-refractivity contribution < 1.29 is 19.8 Å². The van der Waals surface area contributed by atoms with Gasteiger partial charge in [0.2, 0.25) is 0 Å². The number of nitrogens with zero attached hydrogens (tertiary/aromatic N) is 2. The smallest absolute Gasteiger partial charge is 0.313 e. The Morgan fingerprint density at radius 3 is 1.75 bits per heavy atom. The molecule has 0 aliphatic carbocycles. The number of carboxylic acids is 2. The molecule has 0 aliphatic rings. The van der Waals surface area contributed by atoms with Crippen molar-refractivity contribution in [2.75, 3.05) is 0 Å². The summed E-state index contributed by atoms with van der Waals surface area (Å²) in [6, 6.07) is 17.6. The van der Waals surface area contributed by atoms with Crippen LogP contribution in [0.5, 0.6) is 0 Å². The summed E-state index contributed by atoms with van der Waals surface area (Å²) in [5, 5.41) is 34.7. The SMILES string of the molecule is CCC(C)(C(=O)O)c1ccc(C#N)cc1.N#Cc1ccc(CCC(=O)O)cc1. The fourth-order valence-electron chi connectivity index (χ4n) is 2.39. The molecule has 0 heterocycles. The first-order valence-corrected chi connectivity index (χ1v) is 8.71. The van der Waals surface area contributed by atoms with Gasteiger partial charge in [-0.05, 0) is 55.2 Å². The topological polar surface area (TPSA) is 122 Å². The largest absolute Gasteiger partial charge is 0.481 e. The molecule has 6 nitrogen and oxygen atoms in total. The van der Waals surface area contributed by atoms with Crippen LogP contribution in [0.2, 0.25) is 0 Å². The lowest BCUT2D eigenvalue weighted by molar-refractivity contribution is -0.143. The number of aryl methyl sites for hydroxylation is 1. The number of hydrogen-bond donors (Lipinski definition) is 2. The number of carbonyl (C=O) groups is 2. The van der Waals surface area contributed by atoms with Gasteiger partial charge in [0.25, 0.3) is 0 Å². The number of nitriles is 2. The van der Waals surface area contributed by atoms with Crippen molar-refractivity contribution in [2.45, 2.75) is 38.5 Å². The number of aliphatic carboxylic acids is 2. The van der Waals surface area contributed by atoms with E-state index in [9.17, 15) is 9.59 Å². The Kier molecular flexibility index (Phi) is 8.40. The second-order valence-corrected chi connectivity index (χ2v) is 6.38. The second-order valence-electron chi connectivity index (χ2n) is 6.38. The first-order chi connectivity index (χ1) is 13.3. The van der Waals surface area contributed by atoms with Crippen LogP contribution in [-0.4, -0.2) is 22.2 Å². The predicted octanol–water partition coefficient (Wildman–Crippen LogP) is 3.89. The molecule has 0 aromatic heterocycles. The van der Waals surface area contributed by atoms with E-state index in [0.717, 1.165) is 11.1 Å². The predicted molar refractivity (Wildman–Crippen MR) is 104 cm³/mol. The lowest BCUT2D eigenvalue weighted by atomic mass is 9.80. The Morgan fingerprint density at radius 2 is 1.39 bits per heavy atom. The zero-order valence-corrected chi connectivity index (χ0v) is 15.8. The molecule has 0 saturated carbocycles. The molecule has 0 amide bonds. The fourth-order valence-corrected chi connectivity index (χ4v) is 2.39. The second kappa shape index (κ2) is 10.5. The van der Waals surface area contributed by atoms with Crippen molar-refractivity contribution in [3.05, 3.63) is 70.8 Å². The van der Waals surface area contributed by atoms with Gasteiger partial charge in [0.15, 0.2) is 0 Å². The zero-order valence-electron chi connectivity index (χ0n) is 15.8. The van der Waals surface area contributed by atoms with Gasteiger partial charge in [-0.1, -0.05) is 31.2 Å². The number of hydrogen-bond acceptors (Lipinski definition) is 4. The lowest BCUT2D eigenvalue weighted by Crippen LogP contribution is -2.31. The Labute approximate surface area is 164 Å². The van der Waals surface area contributed by atoms with Crippen LogP contribution in [-0.2, 0) is 21.4 Å². The van der Waals surface area contributed by atoms with Crippen LogP contribution in [0.3, 0.4) is 0 Å². The van der Waals surface area contributed by atoms with Crippen molar-refractivity contribution in [2.24, 2.45) is 0 Å². The van der Waals surface area contributed by atoms with Gasteiger partial charge in [-0.15, -0.1) is 0 Å². The normalized spacial score (nSPS) is 11.7. The Bertz CT molecular complexity index is 890. The third-order valence-electron chi connectivity index (χ3n) is 4.54. The molecule has 0 spiro atoms. The fraction of sp³-hybridized carbons (Fsp3) is 0.273. The number of benzene rings is 2. The molecule has 6 heteroatoms. The molecule has 2 N–H and O–H groups in total. The van der Waals surface area contributed by atoms with Crippen molar-refractivity contribution in [1.29, 1.82) is 10.5 Å². The quantitative estimate of drug-likeness (QED) is 0.786. The third-order valence-corrected chi connectivity index (χ3v) is 4.54. The highest BCUT2D eigenvalue weighted by atomic mass is 16.4. The van der Waals surface area contributed by atoms with Gasteiger partial charge in [-0.2, -0.15) is 10.5 Å². The van der Waals surface area contributed by atoms with Crippen molar-refractivity contribution in [1.82, 2.24) is 0 Å². The molecule has 0 aliphatic heterocycles. The third kappa shape index (κ3) is 6.26. The van der Waals surface area contributed by atoms with Crippen LogP contribution in [0.1, 0.15) is 48.9 Å². The molecule has 1 atom stereocenters. The minimum atomic E-state index is -0.867. The summed E-state index contributed by atoms with van der Waals surface area (Å²) in [7, 11) is 0. The maximum absolute atomic E-state index is 11.1. The molecule has 0 fully saturated rings. The number of rotatable bonds is 6. The molecule has 28 heavy (non-hydrogen) atoms. The van der Waals surface area contributed by atoms with Crippen LogP contribution < -0.4 is 0 Å². The summed E-state index contributed by atoms with van der Waals surface area (Å²) < 4.78 is 0. The van der Waals surface area contributed by atoms with Gasteiger partial charge in [0, 0.05) is 6.42 Å². The number of carboxylic acid groups (broad SMARTS) is 2. The minimum Gasteiger partial charge on any atom is -0.481 e. The Hall–Kier alpha value is -3.64. The summed E-state index contributed by atoms with van der Waals surface area (Å²) in [6.45, 7) is 3.53. The van der Waals surface area contributed by atoms with Gasteiger partial charge in [0.1, 0.15) is 0 Å². The molecule has 0 saturated heterocycles. The summed E-state index contributed by atoms with van der Waals surface area (Å²) in [5.41, 5.74) is 1.95. The first-order valence-electron chi connectivity index (χ1n) is 8.71. The molecule has 1 unspecified atom stereocenters. The van der Waals surface area contributed by atoms with Gasteiger partial charge in [0.05, 0.1) is 28.7 Å². The van der Waals surface area contributed by atoms with E-state index in [-0.39, 0.29) is 6.42 Å². The Morgan fingerprint density at radius 1 is 0.929 bits per heavy atom. The van der Waals surface area contributed by atoms with Gasteiger partial charge in [-0.25, -0.2) is 0 Å². The maximum atomic E-state index is 11.1. The van der Waals surface area contributed by atoms with Crippen molar-refractivity contribution in [3.8, 4) is 12.1 Å². The Balaban J connectivity index is 0.000000283. The van der Waals surface area contributed by atoms with E-state index in [2.05, 4.69) is 0 Å². The average Bonchev–Trinajstić information content (AvgIpc) is 2.72. The van der Waals surface area contributed by atoms with E-state index in [4.69, 9.17) is 20.7 Å². The van der Waals surface area contributed by atoms with Crippen LogP contribution >= 0.6 is 0 Å². The standard InChI is InChI=1S/C12H13NO2.C10H9NO2/c1-3-12(2,11(14)15)10-6-4-9(8-13)5-7-10;11-7-9-3-1-8(2-4-9)5-6-10(12)13/h4-7H,3H2,1-2H3,(H,14,15);1-4H,5-6H2,(H,12,13). The van der Waals surface area contributed by atoms with Gasteiger partial charge < -0.3 is 10.2 Å². The van der Waals surface area contributed by atoms with Crippen LogP contribution in [0.15, 0.2) is 48.5 Å². The first kappa shape index (κ1) is 22.4. The highest BCUT2D eigenvalue weighted by molar-refractivity contribution is 5.80.